The van der Waals surface area contributed by atoms with Crippen LogP contribution in [-0.2, 0) is 0 Å². The number of nitrogens with one attached hydrogen (secondary N) is 2. The number of anilines is 1. The number of benzene rings is 1. The Hall–Kier alpha value is -1.69. The smallest absolute Gasteiger partial charge is 0.335 e. The molecule has 0 aromatic heterocycles. The zero-order valence-corrected chi connectivity index (χ0v) is 11.8. The van der Waals surface area contributed by atoms with Crippen molar-refractivity contribution in [1.29, 1.82) is 0 Å². The van der Waals surface area contributed by atoms with Crippen LogP contribution in [0.15, 0.2) is 24.3 Å². The normalized spacial score (nSPS) is 11.7. The monoisotopic (exact) mass is 282 g/mol. The lowest BCUT2D eigenvalue weighted by Crippen LogP contribution is -2.37. The number of carboxylic acid groups (broad SMARTS) is 1. The fourth-order valence-corrected chi connectivity index (χ4v) is 2.10. The third-order valence-corrected chi connectivity index (χ3v) is 3.48. The van der Waals surface area contributed by atoms with Gasteiger partial charge < -0.3 is 15.7 Å². The number of thioether (sulfide) groups is 1. The predicted octanol–water partition coefficient (Wildman–Crippen LogP) is 2.65. The van der Waals surface area contributed by atoms with Gasteiger partial charge >= 0.3 is 12.0 Å². The van der Waals surface area contributed by atoms with Crippen molar-refractivity contribution in [3.8, 4) is 0 Å². The van der Waals surface area contributed by atoms with Crippen molar-refractivity contribution in [2.24, 2.45) is 0 Å². The van der Waals surface area contributed by atoms with Gasteiger partial charge in [0.2, 0.25) is 0 Å². The molecule has 0 fully saturated rings. The van der Waals surface area contributed by atoms with Crippen molar-refractivity contribution in [3.05, 3.63) is 29.8 Å². The van der Waals surface area contributed by atoms with Crippen molar-refractivity contribution in [1.82, 2.24) is 5.32 Å². The molecule has 104 valence electrons. The topological polar surface area (TPSA) is 78.4 Å². The molecule has 1 aromatic carbocycles. The summed E-state index contributed by atoms with van der Waals surface area (Å²) in [5.41, 5.74) is 0.761. The quantitative estimate of drug-likeness (QED) is 0.749. The third-order valence-electron chi connectivity index (χ3n) is 2.34. The van der Waals surface area contributed by atoms with Crippen LogP contribution in [0.5, 0.6) is 0 Å². The lowest BCUT2D eigenvalue weighted by molar-refractivity contribution is 0.0697. The average Bonchev–Trinajstić information content (AvgIpc) is 2.36. The van der Waals surface area contributed by atoms with E-state index in [0.29, 0.717) is 5.69 Å². The standard InChI is InChI=1S/C13H18N2O3S/c1-3-19-8-9(2)14-13(18)15-11-6-4-10(5-7-11)12(16)17/h4-7,9H,3,8H2,1-2H3,(H,16,17)(H2,14,15,18). The molecule has 1 atom stereocenters. The van der Waals surface area contributed by atoms with E-state index >= 15 is 0 Å². The Labute approximate surface area is 116 Å². The number of hydrogen-bond acceptors (Lipinski definition) is 3. The first-order valence-corrected chi connectivity index (χ1v) is 7.17. The number of carbonyl (C=O) groups is 2. The van der Waals surface area contributed by atoms with Gasteiger partial charge in [0.15, 0.2) is 0 Å². The summed E-state index contributed by atoms with van der Waals surface area (Å²) >= 11 is 1.76. The van der Waals surface area contributed by atoms with Crippen LogP contribution in [0.3, 0.4) is 0 Å². The van der Waals surface area contributed by atoms with Gasteiger partial charge in [0.05, 0.1) is 5.56 Å². The molecule has 0 spiro atoms. The molecule has 6 heteroatoms. The van der Waals surface area contributed by atoms with Crippen LogP contribution in [0.25, 0.3) is 0 Å². The van der Waals surface area contributed by atoms with Crippen LogP contribution >= 0.6 is 11.8 Å². The minimum Gasteiger partial charge on any atom is -0.478 e. The molecule has 0 aliphatic carbocycles. The molecule has 19 heavy (non-hydrogen) atoms. The lowest BCUT2D eigenvalue weighted by atomic mass is 10.2. The van der Waals surface area contributed by atoms with E-state index in [-0.39, 0.29) is 17.6 Å². The maximum Gasteiger partial charge on any atom is 0.335 e. The molecule has 0 aliphatic heterocycles. The number of urea groups is 1. The lowest BCUT2D eigenvalue weighted by Gasteiger charge is -2.14. The van der Waals surface area contributed by atoms with E-state index in [9.17, 15) is 9.59 Å². The SMILES string of the molecule is CCSCC(C)NC(=O)Nc1ccc(C(=O)O)cc1. The van der Waals surface area contributed by atoms with E-state index in [4.69, 9.17) is 5.11 Å². The number of amides is 2. The van der Waals surface area contributed by atoms with E-state index < -0.39 is 5.97 Å². The second-order valence-corrected chi connectivity index (χ2v) is 5.36. The van der Waals surface area contributed by atoms with E-state index in [1.54, 1.807) is 23.9 Å². The molecule has 0 aliphatic rings. The minimum atomic E-state index is -0.985. The summed E-state index contributed by atoms with van der Waals surface area (Å²) in [7, 11) is 0. The highest BCUT2D eigenvalue weighted by Crippen LogP contribution is 2.09. The molecule has 2 amide bonds. The molecule has 0 bridgehead atoms. The van der Waals surface area contributed by atoms with Gasteiger partial charge in [0.25, 0.3) is 0 Å². The highest BCUT2D eigenvalue weighted by Gasteiger charge is 2.07. The van der Waals surface area contributed by atoms with Gasteiger partial charge in [-0.15, -0.1) is 0 Å². The molecular formula is C13H18N2O3S. The van der Waals surface area contributed by atoms with E-state index in [0.717, 1.165) is 11.5 Å². The number of carboxylic acids is 1. The molecule has 0 heterocycles. The highest BCUT2D eigenvalue weighted by molar-refractivity contribution is 7.99. The number of carbonyl (C=O) groups excluding carboxylic acids is 1. The minimum absolute atomic E-state index is 0.0863. The first-order valence-electron chi connectivity index (χ1n) is 6.01. The third kappa shape index (κ3) is 5.65. The molecule has 0 saturated carbocycles. The van der Waals surface area contributed by atoms with Gasteiger partial charge in [-0.3, -0.25) is 0 Å². The van der Waals surface area contributed by atoms with E-state index in [1.165, 1.54) is 12.1 Å². The van der Waals surface area contributed by atoms with Gasteiger partial charge in [-0.2, -0.15) is 11.8 Å². The maximum absolute atomic E-state index is 11.7. The maximum atomic E-state index is 11.7. The Morgan fingerprint density at radius 1 is 1.32 bits per heavy atom. The summed E-state index contributed by atoms with van der Waals surface area (Å²) in [5, 5.41) is 14.2. The van der Waals surface area contributed by atoms with Gasteiger partial charge in [-0.05, 0) is 36.9 Å². The molecule has 0 radical (unpaired) electrons. The summed E-state index contributed by atoms with van der Waals surface area (Å²) in [6.45, 7) is 4.01. The van der Waals surface area contributed by atoms with Crippen molar-refractivity contribution in [2.75, 3.05) is 16.8 Å². The molecule has 5 nitrogen and oxygen atoms in total. The Balaban J connectivity index is 2.45. The van der Waals surface area contributed by atoms with Gasteiger partial charge in [-0.25, -0.2) is 9.59 Å². The van der Waals surface area contributed by atoms with Crippen LogP contribution in [-0.4, -0.2) is 34.7 Å². The molecular weight excluding hydrogens is 264 g/mol. The fraction of sp³-hybridized carbons (Fsp3) is 0.385. The summed E-state index contributed by atoms with van der Waals surface area (Å²) < 4.78 is 0. The van der Waals surface area contributed by atoms with Crippen molar-refractivity contribution in [2.45, 2.75) is 19.9 Å². The van der Waals surface area contributed by atoms with E-state index in [2.05, 4.69) is 17.6 Å². The summed E-state index contributed by atoms with van der Waals surface area (Å²) in [6, 6.07) is 5.83. The van der Waals surface area contributed by atoms with Crippen molar-refractivity contribution in [3.63, 3.8) is 0 Å². The number of aromatic carboxylic acids is 1. The molecule has 1 unspecified atom stereocenters. The largest absolute Gasteiger partial charge is 0.478 e. The Bertz CT molecular complexity index is 434. The van der Waals surface area contributed by atoms with Crippen molar-refractivity contribution < 1.29 is 14.7 Å². The first-order chi connectivity index (χ1) is 9.02. The van der Waals surface area contributed by atoms with Crippen LogP contribution < -0.4 is 10.6 Å². The van der Waals surface area contributed by atoms with E-state index in [1.807, 2.05) is 6.92 Å². The zero-order valence-electron chi connectivity index (χ0n) is 11.0. The second-order valence-electron chi connectivity index (χ2n) is 4.04. The zero-order chi connectivity index (χ0) is 14.3. The van der Waals surface area contributed by atoms with Gasteiger partial charge in [0.1, 0.15) is 0 Å². The number of hydrogen-bond donors (Lipinski definition) is 3. The summed E-state index contributed by atoms with van der Waals surface area (Å²) in [5.74, 6) is 0.896. The van der Waals surface area contributed by atoms with Gasteiger partial charge in [0, 0.05) is 17.5 Å². The average molecular weight is 282 g/mol. The second kappa shape index (κ2) is 7.68. The Kier molecular flexibility index (Phi) is 6.21. The predicted molar refractivity (Wildman–Crippen MR) is 78.0 cm³/mol. The Morgan fingerprint density at radius 3 is 2.47 bits per heavy atom. The van der Waals surface area contributed by atoms with Gasteiger partial charge in [-0.1, -0.05) is 6.92 Å². The fourth-order valence-electron chi connectivity index (χ4n) is 1.42. The van der Waals surface area contributed by atoms with Crippen molar-refractivity contribution >= 4 is 29.4 Å². The summed E-state index contributed by atoms with van der Waals surface area (Å²) in [6.07, 6.45) is 0. The molecule has 1 aromatic rings. The van der Waals surface area contributed by atoms with Crippen LogP contribution in [0.4, 0.5) is 10.5 Å². The first kappa shape index (κ1) is 15.4. The summed E-state index contributed by atoms with van der Waals surface area (Å²) in [4.78, 5) is 22.3. The van der Waals surface area contributed by atoms with Crippen LogP contribution in [0.1, 0.15) is 24.2 Å². The number of rotatable bonds is 6. The highest BCUT2D eigenvalue weighted by atomic mass is 32.2. The van der Waals surface area contributed by atoms with Crippen LogP contribution in [0, 0.1) is 0 Å². The molecule has 3 N–H and O–H groups in total. The molecule has 1 rings (SSSR count). The van der Waals surface area contributed by atoms with Crippen LogP contribution in [0.2, 0.25) is 0 Å². The molecule has 0 saturated heterocycles. The Morgan fingerprint density at radius 2 is 1.95 bits per heavy atom.